The first-order chi connectivity index (χ1) is 9.32. The van der Waals surface area contributed by atoms with Gasteiger partial charge in [-0.3, -0.25) is 0 Å². The van der Waals surface area contributed by atoms with E-state index < -0.39 is 10.0 Å². The fraction of sp³-hybridized carbons (Fsp3) is 0.364. The summed E-state index contributed by atoms with van der Waals surface area (Å²) in [5.74, 6) is -0.159. The van der Waals surface area contributed by atoms with Crippen LogP contribution in [0.4, 0.5) is 0 Å². The van der Waals surface area contributed by atoms with E-state index in [0.717, 1.165) is 0 Å². The molecule has 0 saturated heterocycles. The molecule has 1 aromatic carbocycles. The van der Waals surface area contributed by atoms with Crippen molar-refractivity contribution >= 4 is 47.7 Å². The molecule has 0 aromatic heterocycles. The first-order valence-corrected chi connectivity index (χ1v) is 8.77. The lowest BCUT2D eigenvalue weighted by atomic mass is 10.4. The highest BCUT2D eigenvalue weighted by Crippen LogP contribution is 2.28. The molecule has 0 radical (unpaired) electrons. The summed E-state index contributed by atoms with van der Waals surface area (Å²) in [7, 11) is -3.74. The minimum absolute atomic E-state index is 0.131. The molecule has 1 aromatic rings. The van der Waals surface area contributed by atoms with Crippen molar-refractivity contribution < 1.29 is 13.6 Å². The summed E-state index contributed by atoms with van der Waals surface area (Å²) >= 11 is 6.48. The number of oxime groups is 1. The Morgan fingerprint density at radius 1 is 1.45 bits per heavy atom. The molecule has 9 heteroatoms. The van der Waals surface area contributed by atoms with E-state index in [1.807, 2.05) is 6.92 Å². The molecule has 0 spiro atoms. The third kappa shape index (κ3) is 4.18. The van der Waals surface area contributed by atoms with E-state index in [-0.39, 0.29) is 23.8 Å². The molecule has 3 N–H and O–H groups in total. The van der Waals surface area contributed by atoms with E-state index in [0.29, 0.717) is 15.4 Å². The molecule has 0 amide bonds. The van der Waals surface area contributed by atoms with Crippen molar-refractivity contribution in [3.63, 3.8) is 0 Å². The predicted molar refractivity (Wildman–Crippen MR) is 84.3 cm³/mol. The van der Waals surface area contributed by atoms with Crippen LogP contribution in [0.5, 0.6) is 0 Å². The Hall–Kier alpha value is -0.640. The van der Waals surface area contributed by atoms with E-state index in [2.05, 4.69) is 37.0 Å². The summed E-state index contributed by atoms with van der Waals surface area (Å²) in [4.78, 5) is 0.131. The molecule has 0 aliphatic rings. The number of benzene rings is 1. The molecular weight excluding hydrogens is 414 g/mol. The monoisotopic (exact) mass is 427 g/mol. The Bertz CT molecular complexity index is 605. The van der Waals surface area contributed by atoms with Gasteiger partial charge in [0.15, 0.2) is 5.84 Å². The van der Waals surface area contributed by atoms with Gasteiger partial charge in [-0.05, 0) is 40.5 Å². The number of amidine groups is 1. The van der Waals surface area contributed by atoms with Gasteiger partial charge in [-0.2, -0.15) is 4.31 Å². The highest BCUT2D eigenvalue weighted by molar-refractivity contribution is 9.11. The van der Waals surface area contributed by atoms with E-state index in [4.69, 9.17) is 10.9 Å². The Balaban J connectivity index is 3.25. The van der Waals surface area contributed by atoms with Crippen LogP contribution in [0.15, 0.2) is 37.2 Å². The Morgan fingerprint density at radius 2 is 2.10 bits per heavy atom. The average molecular weight is 429 g/mol. The van der Waals surface area contributed by atoms with Crippen molar-refractivity contribution in [1.82, 2.24) is 4.31 Å². The number of hydrogen-bond donors (Lipinski definition) is 2. The van der Waals surface area contributed by atoms with Crippen LogP contribution in [0.3, 0.4) is 0 Å². The van der Waals surface area contributed by atoms with Gasteiger partial charge in [0.2, 0.25) is 10.0 Å². The van der Waals surface area contributed by atoms with Gasteiger partial charge in [0.05, 0.1) is 11.4 Å². The van der Waals surface area contributed by atoms with Crippen molar-refractivity contribution in [2.24, 2.45) is 10.9 Å². The third-order valence-corrected chi connectivity index (χ3v) is 5.78. The Labute approximate surface area is 134 Å². The van der Waals surface area contributed by atoms with E-state index >= 15 is 0 Å². The van der Waals surface area contributed by atoms with Crippen LogP contribution >= 0.6 is 31.9 Å². The van der Waals surface area contributed by atoms with E-state index in [1.54, 1.807) is 12.1 Å². The van der Waals surface area contributed by atoms with Crippen LogP contribution in [0, 0.1) is 0 Å². The SMILES string of the molecule is CCCN(CC(N)=NO)S(=O)(=O)c1cc(Br)ccc1Br. The summed E-state index contributed by atoms with van der Waals surface area (Å²) in [5.41, 5.74) is 5.42. The number of nitrogens with zero attached hydrogens (tertiary/aromatic N) is 2. The molecule has 0 aliphatic heterocycles. The molecule has 20 heavy (non-hydrogen) atoms. The average Bonchev–Trinajstić information content (AvgIpc) is 2.40. The second-order valence-electron chi connectivity index (χ2n) is 4.00. The Kier molecular flexibility index (Phi) is 6.44. The zero-order chi connectivity index (χ0) is 15.3. The minimum Gasteiger partial charge on any atom is -0.409 e. The van der Waals surface area contributed by atoms with Crippen molar-refractivity contribution in [3.8, 4) is 0 Å². The number of rotatable bonds is 6. The largest absolute Gasteiger partial charge is 0.409 e. The van der Waals surface area contributed by atoms with Gasteiger partial charge in [-0.25, -0.2) is 8.42 Å². The smallest absolute Gasteiger partial charge is 0.244 e. The molecule has 6 nitrogen and oxygen atoms in total. The minimum atomic E-state index is -3.74. The molecule has 1 rings (SSSR count). The number of nitrogens with two attached hydrogens (primary N) is 1. The Morgan fingerprint density at radius 3 is 2.65 bits per heavy atom. The second kappa shape index (κ2) is 7.39. The summed E-state index contributed by atoms with van der Waals surface area (Å²) in [6.07, 6.45) is 0.615. The number of halogens is 2. The molecule has 0 heterocycles. The summed E-state index contributed by atoms with van der Waals surface area (Å²) in [6, 6.07) is 4.88. The van der Waals surface area contributed by atoms with Gasteiger partial charge in [-0.1, -0.05) is 28.0 Å². The lowest BCUT2D eigenvalue weighted by Gasteiger charge is -2.21. The number of sulfonamides is 1. The number of hydrogen-bond acceptors (Lipinski definition) is 4. The molecule has 0 atom stereocenters. The van der Waals surface area contributed by atoms with Crippen LogP contribution < -0.4 is 5.73 Å². The highest BCUT2D eigenvalue weighted by Gasteiger charge is 2.27. The van der Waals surface area contributed by atoms with Gasteiger partial charge in [-0.15, -0.1) is 0 Å². The molecular formula is C11H15Br2N3O3S. The van der Waals surface area contributed by atoms with Crippen LogP contribution in [-0.2, 0) is 10.0 Å². The molecule has 112 valence electrons. The van der Waals surface area contributed by atoms with Crippen molar-refractivity contribution in [2.75, 3.05) is 13.1 Å². The normalized spacial score (nSPS) is 12.9. The highest BCUT2D eigenvalue weighted by atomic mass is 79.9. The van der Waals surface area contributed by atoms with Crippen LogP contribution in [0.1, 0.15) is 13.3 Å². The van der Waals surface area contributed by atoms with Crippen molar-refractivity contribution in [1.29, 1.82) is 0 Å². The van der Waals surface area contributed by atoms with E-state index in [1.165, 1.54) is 10.4 Å². The summed E-state index contributed by atoms with van der Waals surface area (Å²) in [6.45, 7) is 1.97. The fourth-order valence-electron chi connectivity index (χ4n) is 1.56. The molecule has 0 saturated carbocycles. The van der Waals surface area contributed by atoms with Gasteiger partial charge in [0.1, 0.15) is 0 Å². The van der Waals surface area contributed by atoms with Crippen molar-refractivity contribution in [2.45, 2.75) is 18.2 Å². The lowest BCUT2D eigenvalue weighted by Crippen LogP contribution is -2.39. The van der Waals surface area contributed by atoms with Gasteiger partial charge < -0.3 is 10.9 Å². The first kappa shape index (κ1) is 17.4. The molecule has 0 aliphatic carbocycles. The first-order valence-electron chi connectivity index (χ1n) is 5.74. The summed E-state index contributed by atoms with van der Waals surface area (Å²) in [5, 5.41) is 11.4. The standard InChI is InChI=1S/C11H15Br2N3O3S/c1-2-5-16(7-11(14)15-17)20(18,19)10-6-8(12)3-4-9(10)13/h3-4,6,17H,2,5,7H2,1H3,(H2,14,15). The van der Waals surface area contributed by atoms with Crippen LogP contribution in [-0.4, -0.2) is 36.9 Å². The maximum Gasteiger partial charge on any atom is 0.244 e. The zero-order valence-corrected chi connectivity index (χ0v) is 14.7. The molecule has 0 bridgehead atoms. The molecule has 0 fully saturated rings. The van der Waals surface area contributed by atoms with Crippen molar-refractivity contribution in [3.05, 3.63) is 27.1 Å². The third-order valence-electron chi connectivity index (χ3n) is 2.45. The van der Waals surface area contributed by atoms with Crippen LogP contribution in [0.2, 0.25) is 0 Å². The quantitative estimate of drug-likeness (QED) is 0.314. The van der Waals surface area contributed by atoms with Gasteiger partial charge >= 0.3 is 0 Å². The van der Waals surface area contributed by atoms with E-state index in [9.17, 15) is 8.42 Å². The molecule has 0 unspecified atom stereocenters. The van der Waals surface area contributed by atoms with Gasteiger partial charge in [0.25, 0.3) is 0 Å². The lowest BCUT2D eigenvalue weighted by molar-refractivity contribution is 0.314. The zero-order valence-electron chi connectivity index (χ0n) is 10.8. The predicted octanol–water partition coefficient (Wildman–Crippen LogP) is 2.36. The summed E-state index contributed by atoms with van der Waals surface area (Å²) < 4.78 is 27.5. The maximum absolute atomic E-state index is 12.6. The topological polar surface area (TPSA) is 96.0 Å². The van der Waals surface area contributed by atoms with Gasteiger partial charge in [0, 0.05) is 15.5 Å². The second-order valence-corrected chi connectivity index (χ2v) is 7.68. The fourth-order valence-corrected chi connectivity index (χ4v) is 4.53. The maximum atomic E-state index is 12.6. The van der Waals surface area contributed by atoms with Crippen LogP contribution in [0.25, 0.3) is 0 Å².